The Hall–Kier alpha value is -1.62. The van der Waals surface area contributed by atoms with Crippen LogP contribution in [0.3, 0.4) is 0 Å². The zero-order valence-electron chi connectivity index (χ0n) is 12.4. The zero-order valence-corrected chi connectivity index (χ0v) is 13.2. The lowest BCUT2D eigenvalue weighted by atomic mass is 9.87. The van der Waals surface area contributed by atoms with Gasteiger partial charge in [-0.1, -0.05) is 17.8 Å². The van der Waals surface area contributed by atoms with Gasteiger partial charge in [-0.2, -0.15) is 0 Å². The van der Waals surface area contributed by atoms with Crippen molar-refractivity contribution in [3.8, 4) is 11.5 Å². The number of ether oxygens (including phenoxy) is 2. The molecule has 0 saturated carbocycles. The molecule has 0 radical (unpaired) electrons. The first-order valence-electron chi connectivity index (χ1n) is 7.10. The molecule has 1 saturated heterocycles. The highest BCUT2D eigenvalue weighted by atomic mass is 32.2. The summed E-state index contributed by atoms with van der Waals surface area (Å²) in [5.74, 6) is 1.60. The summed E-state index contributed by atoms with van der Waals surface area (Å²) in [6, 6.07) is 4.52. The molecule has 0 bridgehead atoms. The van der Waals surface area contributed by atoms with Gasteiger partial charge in [0.15, 0.2) is 16.7 Å². The van der Waals surface area contributed by atoms with Crippen LogP contribution < -0.4 is 14.8 Å². The Morgan fingerprint density at radius 1 is 1.38 bits per heavy atom. The van der Waals surface area contributed by atoms with Crippen LogP contribution in [0.5, 0.6) is 11.5 Å². The molecule has 4 nitrogen and oxygen atoms in total. The fourth-order valence-electron chi connectivity index (χ4n) is 2.95. The second-order valence-corrected chi connectivity index (χ2v) is 6.39. The Bertz CT molecular complexity index is 586. The van der Waals surface area contributed by atoms with E-state index in [1.54, 1.807) is 14.2 Å². The van der Waals surface area contributed by atoms with Gasteiger partial charge in [-0.25, -0.2) is 0 Å². The first-order valence-corrected chi connectivity index (χ1v) is 7.98. The normalized spacial score (nSPS) is 25.0. The third-order valence-corrected chi connectivity index (χ3v) is 5.24. The highest BCUT2D eigenvalue weighted by Gasteiger charge is 2.37. The van der Waals surface area contributed by atoms with Gasteiger partial charge >= 0.3 is 0 Å². The van der Waals surface area contributed by atoms with Crippen LogP contribution in [0.1, 0.15) is 23.6 Å². The first kappa shape index (κ1) is 14.3. The van der Waals surface area contributed by atoms with Crippen LogP contribution in [-0.2, 0) is 6.42 Å². The first-order chi connectivity index (χ1) is 10.3. The summed E-state index contributed by atoms with van der Waals surface area (Å²) in [6.07, 6.45) is 4.04. The average Bonchev–Trinajstić information content (AvgIpc) is 2.94. The average molecular weight is 304 g/mol. The monoisotopic (exact) mass is 304 g/mol. The van der Waals surface area contributed by atoms with Gasteiger partial charge in [0.05, 0.1) is 26.8 Å². The minimum atomic E-state index is 0.308. The van der Waals surface area contributed by atoms with Gasteiger partial charge in [-0.05, 0) is 36.1 Å². The number of aliphatic imine (C=N–C) groups is 1. The molecule has 1 aromatic carbocycles. The predicted octanol–water partition coefficient (Wildman–Crippen LogP) is 2.94. The molecule has 0 amide bonds. The quantitative estimate of drug-likeness (QED) is 0.869. The molecule has 1 fully saturated rings. The Balaban J connectivity index is 1.93. The van der Waals surface area contributed by atoms with Gasteiger partial charge in [0.2, 0.25) is 0 Å². The largest absolute Gasteiger partial charge is 0.493 e. The highest BCUT2D eigenvalue weighted by molar-refractivity contribution is 8.14. The molecule has 0 spiro atoms. The van der Waals surface area contributed by atoms with Gasteiger partial charge in [-0.15, -0.1) is 6.58 Å². The van der Waals surface area contributed by atoms with Crippen LogP contribution in [-0.4, -0.2) is 31.2 Å². The lowest BCUT2D eigenvalue weighted by Crippen LogP contribution is -2.28. The standard InChI is InChI=1S/C16H20N2O2S/c1-4-7-17-16-18-15-11-9-13(20-3)12(19-2)8-10(11)5-6-14(15)21-16/h4,8-9,14-15H,1,5-7H2,2-3H3,(H,17,18). The van der Waals surface area contributed by atoms with E-state index in [4.69, 9.17) is 9.47 Å². The number of hydrogen-bond donors (Lipinski definition) is 1. The molecule has 2 unspecified atom stereocenters. The third-order valence-electron chi connectivity index (χ3n) is 3.96. The zero-order chi connectivity index (χ0) is 14.8. The minimum Gasteiger partial charge on any atom is -0.493 e. The molecule has 5 heteroatoms. The summed E-state index contributed by atoms with van der Waals surface area (Å²) in [5, 5.41) is 5.10. The summed E-state index contributed by atoms with van der Waals surface area (Å²) in [5.41, 5.74) is 2.65. The molecule has 0 aromatic heterocycles. The number of amidine groups is 1. The van der Waals surface area contributed by atoms with E-state index in [2.05, 4.69) is 29.0 Å². The smallest absolute Gasteiger partial charge is 0.161 e. The van der Waals surface area contributed by atoms with Crippen LogP contribution in [0.2, 0.25) is 0 Å². The SMILES string of the molecule is C=CCN=C1NC2c3cc(OC)c(OC)cc3CCC2S1. The van der Waals surface area contributed by atoms with Crippen molar-refractivity contribution < 1.29 is 9.47 Å². The number of aryl methyl sites for hydroxylation is 1. The summed E-state index contributed by atoms with van der Waals surface area (Å²) < 4.78 is 10.8. The molecule has 1 aliphatic carbocycles. The molecular weight excluding hydrogens is 284 g/mol. The fourth-order valence-corrected chi connectivity index (χ4v) is 4.16. The van der Waals surface area contributed by atoms with Gasteiger partial charge in [0.25, 0.3) is 0 Å². The van der Waals surface area contributed by atoms with Crippen molar-refractivity contribution in [2.24, 2.45) is 4.99 Å². The molecule has 1 N–H and O–H groups in total. The van der Waals surface area contributed by atoms with Gasteiger partial charge < -0.3 is 14.8 Å². The van der Waals surface area contributed by atoms with E-state index in [1.807, 2.05) is 17.8 Å². The lowest BCUT2D eigenvalue weighted by molar-refractivity contribution is 0.352. The fraction of sp³-hybridized carbons (Fsp3) is 0.438. The van der Waals surface area contributed by atoms with Crippen LogP contribution in [0, 0.1) is 0 Å². The van der Waals surface area contributed by atoms with E-state index >= 15 is 0 Å². The Morgan fingerprint density at radius 3 is 2.86 bits per heavy atom. The van der Waals surface area contributed by atoms with Crippen molar-refractivity contribution in [3.05, 3.63) is 35.9 Å². The van der Waals surface area contributed by atoms with Crippen LogP contribution in [0.15, 0.2) is 29.8 Å². The van der Waals surface area contributed by atoms with E-state index < -0.39 is 0 Å². The summed E-state index contributed by atoms with van der Waals surface area (Å²) in [4.78, 5) is 4.51. The molecule has 1 aromatic rings. The van der Waals surface area contributed by atoms with Crippen molar-refractivity contribution in [3.63, 3.8) is 0 Å². The molecule has 2 atom stereocenters. The number of nitrogens with one attached hydrogen (secondary N) is 1. The Labute approximate surface area is 129 Å². The number of fused-ring (bicyclic) bond motifs is 3. The van der Waals surface area contributed by atoms with Gasteiger partial charge in [0.1, 0.15) is 0 Å². The number of benzene rings is 1. The van der Waals surface area contributed by atoms with Crippen molar-refractivity contribution in [1.29, 1.82) is 0 Å². The number of thioether (sulfide) groups is 1. The molecule has 1 heterocycles. The molecule has 1 aliphatic heterocycles. The number of rotatable bonds is 4. The van der Waals surface area contributed by atoms with Crippen molar-refractivity contribution in [2.75, 3.05) is 20.8 Å². The minimum absolute atomic E-state index is 0.308. The molecule has 21 heavy (non-hydrogen) atoms. The van der Waals surface area contributed by atoms with Crippen molar-refractivity contribution in [2.45, 2.75) is 24.1 Å². The van der Waals surface area contributed by atoms with Crippen molar-refractivity contribution >= 4 is 16.9 Å². The predicted molar refractivity (Wildman–Crippen MR) is 87.6 cm³/mol. The summed E-state index contributed by atoms with van der Waals surface area (Å²) >= 11 is 1.84. The van der Waals surface area contributed by atoms with Crippen LogP contribution >= 0.6 is 11.8 Å². The van der Waals surface area contributed by atoms with E-state index in [0.717, 1.165) is 29.5 Å². The second kappa shape index (κ2) is 6.02. The van der Waals surface area contributed by atoms with Crippen molar-refractivity contribution in [1.82, 2.24) is 5.32 Å². The highest BCUT2D eigenvalue weighted by Crippen LogP contribution is 2.45. The molecule has 2 aliphatic rings. The van der Waals surface area contributed by atoms with E-state index in [-0.39, 0.29) is 0 Å². The van der Waals surface area contributed by atoms with E-state index in [1.165, 1.54) is 11.1 Å². The topological polar surface area (TPSA) is 42.9 Å². The van der Waals surface area contributed by atoms with Crippen LogP contribution in [0.4, 0.5) is 0 Å². The maximum absolute atomic E-state index is 5.44. The maximum atomic E-state index is 5.44. The summed E-state index contributed by atoms with van der Waals surface area (Å²) in [7, 11) is 3.36. The van der Waals surface area contributed by atoms with Crippen LogP contribution in [0.25, 0.3) is 0 Å². The maximum Gasteiger partial charge on any atom is 0.161 e. The number of methoxy groups -OCH3 is 2. The lowest BCUT2D eigenvalue weighted by Gasteiger charge is -2.28. The second-order valence-electron chi connectivity index (χ2n) is 5.16. The van der Waals surface area contributed by atoms with Gasteiger partial charge in [0, 0.05) is 5.25 Å². The third kappa shape index (κ3) is 2.62. The Kier molecular flexibility index (Phi) is 4.10. The Morgan fingerprint density at radius 2 is 2.14 bits per heavy atom. The number of hydrogen-bond acceptors (Lipinski definition) is 4. The molecular formula is C16H20N2O2S. The van der Waals surface area contributed by atoms with E-state index in [9.17, 15) is 0 Å². The number of nitrogens with zero attached hydrogens (tertiary/aromatic N) is 1. The summed E-state index contributed by atoms with van der Waals surface area (Å²) in [6.45, 7) is 4.38. The molecule has 3 rings (SSSR count). The van der Waals surface area contributed by atoms with E-state index in [0.29, 0.717) is 17.8 Å². The van der Waals surface area contributed by atoms with Gasteiger partial charge in [-0.3, -0.25) is 4.99 Å². The molecule has 112 valence electrons.